The normalized spacial score (nSPS) is 17.3. The van der Waals surface area contributed by atoms with Gasteiger partial charge in [0.25, 0.3) is 0 Å². The van der Waals surface area contributed by atoms with Gasteiger partial charge < -0.3 is 4.74 Å². The van der Waals surface area contributed by atoms with Crippen LogP contribution in [0.25, 0.3) is 0 Å². The Balaban J connectivity index is 2.23. The molecule has 4 heteroatoms. The van der Waals surface area contributed by atoms with Gasteiger partial charge in [0.05, 0.1) is 7.11 Å². The van der Waals surface area contributed by atoms with Crippen LogP contribution in [0.15, 0.2) is 18.2 Å². The average molecular weight is 196 g/mol. The molecule has 1 heterocycles. The van der Waals surface area contributed by atoms with E-state index in [-0.39, 0.29) is 5.82 Å². The van der Waals surface area contributed by atoms with Gasteiger partial charge in [-0.1, -0.05) is 6.07 Å². The van der Waals surface area contributed by atoms with Crippen LogP contribution in [0.5, 0.6) is 5.75 Å². The van der Waals surface area contributed by atoms with E-state index < -0.39 is 0 Å². The van der Waals surface area contributed by atoms with Gasteiger partial charge in [-0.05, 0) is 17.7 Å². The number of rotatable bonds is 2. The topological polar surface area (TPSA) is 33.3 Å². The maximum absolute atomic E-state index is 13.3. The first kappa shape index (κ1) is 9.43. The first-order chi connectivity index (χ1) is 6.81. The lowest BCUT2D eigenvalue weighted by Crippen LogP contribution is -2.21. The van der Waals surface area contributed by atoms with Crippen LogP contribution in [0.4, 0.5) is 4.39 Å². The Hall–Kier alpha value is -1.13. The van der Waals surface area contributed by atoms with Crippen molar-refractivity contribution in [3.63, 3.8) is 0 Å². The third-order valence-electron chi connectivity index (χ3n) is 2.47. The molecule has 2 N–H and O–H groups in total. The van der Waals surface area contributed by atoms with Crippen LogP contribution in [-0.4, -0.2) is 20.2 Å². The highest BCUT2D eigenvalue weighted by molar-refractivity contribution is 5.31. The summed E-state index contributed by atoms with van der Waals surface area (Å²) in [7, 11) is 1.47. The molecule has 0 aliphatic carbocycles. The Labute approximate surface area is 82.2 Å². The maximum Gasteiger partial charge on any atom is 0.165 e. The molecule has 0 saturated carbocycles. The van der Waals surface area contributed by atoms with E-state index in [9.17, 15) is 4.39 Å². The van der Waals surface area contributed by atoms with E-state index in [1.807, 2.05) is 6.07 Å². The Morgan fingerprint density at radius 1 is 1.36 bits per heavy atom. The van der Waals surface area contributed by atoms with Crippen LogP contribution >= 0.6 is 0 Å². The van der Waals surface area contributed by atoms with Gasteiger partial charge in [-0.15, -0.1) is 0 Å². The number of hydrazine groups is 1. The van der Waals surface area contributed by atoms with Crippen molar-refractivity contribution in [2.24, 2.45) is 0 Å². The highest BCUT2D eigenvalue weighted by atomic mass is 19.1. The summed E-state index contributed by atoms with van der Waals surface area (Å²) in [6.45, 7) is 1.68. The van der Waals surface area contributed by atoms with Gasteiger partial charge in [-0.2, -0.15) is 0 Å². The highest BCUT2D eigenvalue weighted by Gasteiger charge is 2.17. The molecule has 1 fully saturated rings. The Morgan fingerprint density at radius 3 is 2.64 bits per heavy atom. The number of ether oxygens (including phenoxy) is 1. The van der Waals surface area contributed by atoms with E-state index in [2.05, 4.69) is 10.9 Å². The average Bonchev–Trinajstić information content (AvgIpc) is 2.70. The SMILES string of the molecule is COc1ccc(C2CNNC2)cc1F. The lowest BCUT2D eigenvalue weighted by molar-refractivity contribution is 0.386. The molecule has 0 aromatic heterocycles. The van der Waals surface area contributed by atoms with Crippen molar-refractivity contribution in [2.45, 2.75) is 5.92 Å². The predicted molar refractivity (Wildman–Crippen MR) is 51.7 cm³/mol. The van der Waals surface area contributed by atoms with E-state index in [0.29, 0.717) is 11.7 Å². The maximum atomic E-state index is 13.3. The van der Waals surface area contributed by atoms with Gasteiger partial charge >= 0.3 is 0 Å². The van der Waals surface area contributed by atoms with Gasteiger partial charge in [0, 0.05) is 19.0 Å². The third-order valence-corrected chi connectivity index (χ3v) is 2.47. The van der Waals surface area contributed by atoms with Crippen molar-refractivity contribution >= 4 is 0 Å². The van der Waals surface area contributed by atoms with Crippen molar-refractivity contribution in [1.29, 1.82) is 0 Å². The van der Waals surface area contributed by atoms with Crippen molar-refractivity contribution in [3.05, 3.63) is 29.6 Å². The summed E-state index contributed by atoms with van der Waals surface area (Å²) >= 11 is 0. The Bertz CT molecular complexity index is 324. The lowest BCUT2D eigenvalue weighted by Gasteiger charge is -2.09. The number of halogens is 1. The Kier molecular flexibility index (Phi) is 2.65. The Morgan fingerprint density at radius 2 is 2.07 bits per heavy atom. The van der Waals surface area contributed by atoms with Crippen LogP contribution in [0.3, 0.4) is 0 Å². The second-order valence-electron chi connectivity index (χ2n) is 3.35. The number of hydrogen-bond donors (Lipinski definition) is 2. The molecule has 2 rings (SSSR count). The first-order valence-corrected chi connectivity index (χ1v) is 4.60. The van der Waals surface area contributed by atoms with E-state index >= 15 is 0 Å². The van der Waals surface area contributed by atoms with Gasteiger partial charge in [-0.25, -0.2) is 4.39 Å². The number of methoxy groups -OCH3 is 1. The zero-order valence-corrected chi connectivity index (χ0v) is 8.01. The van der Waals surface area contributed by atoms with Crippen LogP contribution in [-0.2, 0) is 0 Å². The molecule has 14 heavy (non-hydrogen) atoms. The third kappa shape index (κ3) is 1.71. The number of benzene rings is 1. The quantitative estimate of drug-likeness (QED) is 0.741. The fraction of sp³-hybridized carbons (Fsp3) is 0.400. The monoisotopic (exact) mass is 196 g/mol. The second-order valence-corrected chi connectivity index (χ2v) is 3.35. The smallest absolute Gasteiger partial charge is 0.165 e. The first-order valence-electron chi connectivity index (χ1n) is 4.60. The zero-order chi connectivity index (χ0) is 9.97. The molecule has 1 aromatic carbocycles. The molecule has 1 aliphatic heterocycles. The van der Waals surface area contributed by atoms with Gasteiger partial charge in [0.1, 0.15) is 0 Å². The summed E-state index contributed by atoms with van der Waals surface area (Å²) in [6, 6.07) is 5.11. The molecule has 0 atom stereocenters. The molecular formula is C10H13FN2O. The molecular weight excluding hydrogens is 183 g/mol. The summed E-state index contributed by atoms with van der Waals surface area (Å²) in [5.41, 5.74) is 7.03. The molecule has 0 amide bonds. The van der Waals surface area contributed by atoms with Gasteiger partial charge in [0.2, 0.25) is 0 Å². The van der Waals surface area contributed by atoms with Crippen molar-refractivity contribution in [2.75, 3.05) is 20.2 Å². The largest absolute Gasteiger partial charge is 0.494 e. The van der Waals surface area contributed by atoms with Crippen LogP contribution < -0.4 is 15.6 Å². The summed E-state index contributed by atoms with van der Waals surface area (Å²) in [6.07, 6.45) is 0. The predicted octanol–water partition coefficient (Wildman–Crippen LogP) is 1.03. The molecule has 0 unspecified atom stereocenters. The zero-order valence-electron chi connectivity index (χ0n) is 8.01. The minimum absolute atomic E-state index is 0.295. The van der Waals surface area contributed by atoms with Crippen LogP contribution in [0, 0.1) is 5.82 Å². The highest BCUT2D eigenvalue weighted by Crippen LogP contribution is 2.23. The molecule has 1 aromatic rings. The van der Waals surface area contributed by atoms with E-state index in [0.717, 1.165) is 18.7 Å². The van der Waals surface area contributed by atoms with Crippen LogP contribution in [0.1, 0.15) is 11.5 Å². The number of hydrogen-bond acceptors (Lipinski definition) is 3. The fourth-order valence-electron chi connectivity index (χ4n) is 1.64. The van der Waals surface area contributed by atoms with Crippen molar-refractivity contribution in [3.8, 4) is 5.75 Å². The molecule has 1 aliphatic rings. The molecule has 0 bridgehead atoms. The van der Waals surface area contributed by atoms with Crippen LogP contribution in [0.2, 0.25) is 0 Å². The summed E-state index contributed by atoms with van der Waals surface area (Å²) in [5, 5.41) is 0. The van der Waals surface area contributed by atoms with E-state index in [1.165, 1.54) is 13.2 Å². The van der Waals surface area contributed by atoms with Gasteiger partial charge in [-0.3, -0.25) is 10.9 Å². The summed E-state index contributed by atoms with van der Waals surface area (Å²) in [5.74, 6) is 0.347. The second kappa shape index (κ2) is 3.94. The molecule has 3 nitrogen and oxygen atoms in total. The molecule has 1 saturated heterocycles. The molecule has 0 radical (unpaired) electrons. The lowest BCUT2D eigenvalue weighted by atomic mass is 10.0. The summed E-state index contributed by atoms with van der Waals surface area (Å²) < 4.78 is 18.2. The summed E-state index contributed by atoms with van der Waals surface area (Å²) in [4.78, 5) is 0. The van der Waals surface area contributed by atoms with Gasteiger partial charge in [0.15, 0.2) is 11.6 Å². The minimum Gasteiger partial charge on any atom is -0.494 e. The minimum atomic E-state index is -0.295. The fourth-order valence-corrected chi connectivity index (χ4v) is 1.64. The van der Waals surface area contributed by atoms with E-state index in [1.54, 1.807) is 6.07 Å². The number of nitrogens with one attached hydrogen (secondary N) is 2. The standard InChI is InChI=1S/C10H13FN2O/c1-14-10-3-2-7(4-9(10)11)8-5-12-13-6-8/h2-4,8,12-13H,5-6H2,1H3. The molecule has 0 spiro atoms. The van der Waals surface area contributed by atoms with E-state index in [4.69, 9.17) is 4.74 Å². The van der Waals surface area contributed by atoms with Crippen molar-refractivity contribution in [1.82, 2.24) is 10.9 Å². The van der Waals surface area contributed by atoms with Crippen molar-refractivity contribution < 1.29 is 9.13 Å². The molecule has 76 valence electrons.